The number of hydrogen-bond acceptors (Lipinski definition) is 1. The second-order valence-corrected chi connectivity index (χ2v) is 4.41. The molecular formula is C13H18FN. The molecule has 1 saturated carbocycles. The molecule has 1 aromatic carbocycles. The van der Waals surface area contributed by atoms with E-state index >= 15 is 0 Å². The van der Waals surface area contributed by atoms with E-state index < -0.39 is 5.67 Å². The number of rotatable bonds is 3. The maximum atomic E-state index is 14.3. The van der Waals surface area contributed by atoms with E-state index in [1.807, 2.05) is 24.3 Å². The Kier molecular flexibility index (Phi) is 3.06. The first kappa shape index (κ1) is 10.6. The topological polar surface area (TPSA) is 26.0 Å². The van der Waals surface area contributed by atoms with Crippen LogP contribution in [0.4, 0.5) is 4.39 Å². The van der Waals surface area contributed by atoms with E-state index in [-0.39, 0.29) is 0 Å². The SMILES string of the molecule is NCCc1ccc(C2(F)CCCC2)cc1. The van der Waals surface area contributed by atoms with Gasteiger partial charge >= 0.3 is 0 Å². The van der Waals surface area contributed by atoms with Crippen LogP contribution in [0.1, 0.15) is 36.8 Å². The fourth-order valence-electron chi connectivity index (χ4n) is 2.36. The van der Waals surface area contributed by atoms with E-state index in [1.165, 1.54) is 5.56 Å². The van der Waals surface area contributed by atoms with Crippen molar-refractivity contribution in [3.05, 3.63) is 35.4 Å². The average Bonchev–Trinajstić information content (AvgIpc) is 2.68. The lowest BCUT2D eigenvalue weighted by Gasteiger charge is -2.19. The highest BCUT2D eigenvalue weighted by atomic mass is 19.1. The molecular weight excluding hydrogens is 189 g/mol. The average molecular weight is 207 g/mol. The summed E-state index contributed by atoms with van der Waals surface area (Å²) in [6, 6.07) is 7.86. The lowest BCUT2D eigenvalue weighted by Crippen LogP contribution is -2.14. The normalized spacial score (nSPS) is 19.3. The minimum absolute atomic E-state index is 0.653. The highest BCUT2D eigenvalue weighted by Gasteiger charge is 2.35. The van der Waals surface area contributed by atoms with E-state index in [4.69, 9.17) is 5.73 Å². The molecule has 0 amide bonds. The van der Waals surface area contributed by atoms with Gasteiger partial charge in [0.15, 0.2) is 0 Å². The maximum absolute atomic E-state index is 14.3. The maximum Gasteiger partial charge on any atom is 0.136 e. The zero-order chi connectivity index (χ0) is 10.7. The summed E-state index contributed by atoms with van der Waals surface area (Å²) in [5, 5.41) is 0. The lowest BCUT2D eigenvalue weighted by atomic mass is 9.93. The molecule has 0 radical (unpaired) electrons. The largest absolute Gasteiger partial charge is 0.330 e. The standard InChI is InChI=1S/C13H18FN/c14-13(8-1-2-9-13)12-5-3-11(4-6-12)7-10-15/h3-6H,1-2,7-10,15H2. The molecule has 0 bridgehead atoms. The Labute approximate surface area is 90.5 Å². The molecule has 1 nitrogen and oxygen atoms in total. The third-order valence-corrected chi connectivity index (χ3v) is 3.30. The van der Waals surface area contributed by atoms with Crippen LogP contribution in [-0.4, -0.2) is 6.54 Å². The van der Waals surface area contributed by atoms with Gasteiger partial charge in [-0.1, -0.05) is 24.3 Å². The third-order valence-electron chi connectivity index (χ3n) is 3.30. The molecule has 2 heteroatoms. The van der Waals surface area contributed by atoms with E-state index in [0.717, 1.165) is 24.8 Å². The van der Waals surface area contributed by atoms with Crippen LogP contribution in [0.2, 0.25) is 0 Å². The van der Waals surface area contributed by atoms with Crippen LogP contribution >= 0.6 is 0 Å². The molecule has 2 rings (SSSR count). The van der Waals surface area contributed by atoms with E-state index in [0.29, 0.717) is 19.4 Å². The fourth-order valence-corrected chi connectivity index (χ4v) is 2.36. The molecule has 0 unspecified atom stereocenters. The summed E-state index contributed by atoms with van der Waals surface area (Å²) < 4.78 is 14.3. The number of benzene rings is 1. The van der Waals surface area contributed by atoms with Gasteiger partial charge in [-0.2, -0.15) is 0 Å². The van der Waals surface area contributed by atoms with Crippen molar-refractivity contribution < 1.29 is 4.39 Å². The second kappa shape index (κ2) is 4.31. The van der Waals surface area contributed by atoms with Crippen molar-refractivity contribution >= 4 is 0 Å². The van der Waals surface area contributed by atoms with Crippen molar-refractivity contribution in [2.24, 2.45) is 5.73 Å². The highest BCUT2D eigenvalue weighted by Crippen LogP contribution is 2.42. The van der Waals surface area contributed by atoms with Crippen molar-refractivity contribution in [2.45, 2.75) is 37.8 Å². The molecule has 1 fully saturated rings. The Morgan fingerprint density at radius 3 is 2.27 bits per heavy atom. The zero-order valence-electron chi connectivity index (χ0n) is 9.01. The van der Waals surface area contributed by atoms with Gasteiger partial charge in [0.2, 0.25) is 0 Å². The molecule has 0 heterocycles. The molecule has 1 aliphatic rings. The predicted molar refractivity (Wildman–Crippen MR) is 60.5 cm³/mol. The first-order chi connectivity index (χ1) is 7.24. The molecule has 0 saturated heterocycles. The Balaban J connectivity index is 2.15. The molecule has 15 heavy (non-hydrogen) atoms. The summed E-state index contributed by atoms with van der Waals surface area (Å²) in [6.07, 6.45) is 4.27. The summed E-state index contributed by atoms with van der Waals surface area (Å²) in [6.45, 7) is 0.653. The van der Waals surface area contributed by atoms with E-state index in [1.54, 1.807) is 0 Å². The summed E-state index contributed by atoms with van der Waals surface area (Å²) in [5.74, 6) is 0. The number of nitrogens with two attached hydrogens (primary N) is 1. The Hall–Kier alpha value is -0.890. The van der Waals surface area contributed by atoms with Gasteiger partial charge in [0.25, 0.3) is 0 Å². The predicted octanol–water partition coefficient (Wildman–Crippen LogP) is 2.93. The molecule has 82 valence electrons. The van der Waals surface area contributed by atoms with Crippen molar-refractivity contribution in [1.29, 1.82) is 0 Å². The Morgan fingerprint density at radius 2 is 1.73 bits per heavy atom. The highest BCUT2D eigenvalue weighted by molar-refractivity contribution is 5.28. The fraction of sp³-hybridized carbons (Fsp3) is 0.538. The molecule has 0 atom stereocenters. The Bertz CT molecular complexity index is 312. The summed E-state index contributed by atoms with van der Waals surface area (Å²) >= 11 is 0. The minimum atomic E-state index is -1.05. The summed E-state index contributed by atoms with van der Waals surface area (Å²) in [7, 11) is 0. The van der Waals surface area contributed by atoms with Crippen LogP contribution in [0.5, 0.6) is 0 Å². The van der Waals surface area contributed by atoms with Gasteiger partial charge in [0, 0.05) is 0 Å². The zero-order valence-corrected chi connectivity index (χ0v) is 9.01. The first-order valence-corrected chi connectivity index (χ1v) is 5.73. The summed E-state index contributed by atoms with van der Waals surface area (Å²) in [4.78, 5) is 0. The smallest absolute Gasteiger partial charge is 0.136 e. The Morgan fingerprint density at radius 1 is 1.13 bits per heavy atom. The number of alkyl halides is 1. The van der Waals surface area contributed by atoms with E-state index in [9.17, 15) is 4.39 Å². The first-order valence-electron chi connectivity index (χ1n) is 5.73. The van der Waals surface area contributed by atoms with Gasteiger partial charge in [-0.05, 0) is 49.8 Å². The van der Waals surface area contributed by atoms with Crippen LogP contribution in [0.15, 0.2) is 24.3 Å². The van der Waals surface area contributed by atoms with Gasteiger partial charge in [0.1, 0.15) is 5.67 Å². The van der Waals surface area contributed by atoms with Crippen LogP contribution in [0.25, 0.3) is 0 Å². The molecule has 0 aliphatic heterocycles. The van der Waals surface area contributed by atoms with Gasteiger partial charge in [-0.25, -0.2) is 4.39 Å². The molecule has 2 N–H and O–H groups in total. The molecule has 1 aliphatic carbocycles. The summed E-state index contributed by atoms with van der Waals surface area (Å²) in [5.41, 5.74) is 6.46. The number of halogens is 1. The van der Waals surface area contributed by atoms with Crippen LogP contribution in [0, 0.1) is 0 Å². The number of hydrogen-bond donors (Lipinski definition) is 1. The van der Waals surface area contributed by atoms with Crippen molar-refractivity contribution in [2.75, 3.05) is 6.54 Å². The molecule has 0 spiro atoms. The van der Waals surface area contributed by atoms with Gasteiger partial charge in [-0.3, -0.25) is 0 Å². The lowest BCUT2D eigenvalue weighted by molar-refractivity contribution is 0.175. The quantitative estimate of drug-likeness (QED) is 0.810. The van der Waals surface area contributed by atoms with Crippen LogP contribution < -0.4 is 5.73 Å². The second-order valence-electron chi connectivity index (χ2n) is 4.41. The monoisotopic (exact) mass is 207 g/mol. The van der Waals surface area contributed by atoms with Gasteiger partial charge < -0.3 is 5.73 Å². The van der Waals surface area contributed by atoms with Crippen molar-refractivity contribution in [1.82, 2.24) is 0 Å². The molecule has 1 aromatic rings. The van der Waals surface area contributed by atoms with Crippen LogP contribution in [0.3, 0.4) is 0 Å². The van der Waals surface area contributed by atoms with Gasteiger partial charge in [0.05, 0.1) is 0 Å². The van der Waals surface area contributed by atoms with Crippen LogP contribution in [-0.2, 0) is 12.1 Å². The van der Waals surface area contributed by atoms with E-state index in [2.05, 4.69) is 0 Å². The van der Waals surface area contributed by atoms with Crippen molar-refractivity contribution in [3.63, 3.8) is 0 Å². The van der Waals surface area contributed by atoms with Crippen molar-refractivity contribution in [3.8, 4) is 0 Å². The van der Waals surface area contributed by atoms with Gasteiger partial charge in [-0.15, -0.1) is 0 Å². The third kappa shape index (κ3) is 2.20. The molecule has 0 aromatic heterocycles. The minimum Gasteiger partial charge on any atom is -0.330 e.